The standard InChI is InChI=1S/C17H25N5O2S/c1-21(2)15-7-5-14(6-8-15)11-18-16(23)12-25-17-20-19-13-22(17)9-4-10-24-3/h5-8,13H,4,9-12H2,1-3H3,(H,18,23). The Morgan fingerprint density at radius 3 is 2.76 bits per heavy atom. The molecule has 25 heavy (non-hydrogen) atoms. The van der Waals surface area contributed by atoms with E-state index in [4.69, 9.17) is 4.74 Å². The molecule has 1 aromatic heterocycles. The second kappa shape index (κ2) is 10.0. The molecule has 0 saturated heterocycles. The van der Waals surface area contributed by atoms with Gasteiger partial charge in [0.05, 0.1) is 5.75 Å². The topological polar surface area (TPSA) is 72.3 Å². The number of carbonyl (C=O) groups excluding carboxylic acids is 1. The molecular weight excluding hydrogens is 338 g/mol. The Labute approximate surface area is 152 Å². The average Bonchev–Trinajstić information content (AvgIpc) is 3.06. The van der Waals surface area contributed by atoms with Crippen molar-refractivity contribution in [3.63, 3.8) is 0 Å². The van der Waals surface area contributed by atoms with Crippen LogP contribution in [0.2, 0.25) is 0 Å². The number of nitrogens with zero attached hydrogens (tertiary/aromatic N) is 4. The molecule has 0 unspecified atom stereocenters. The van der Waals surface area contributed by atoms with E-state index in [0.717, 1.165) is 29.4 Å². The number of anilines is 1. The number of ether oxygens (including phenoxy) is 1. The SMILES string of the molecule is COCCCn1cnnc1SCC(=O)NCc1ccc(N(C)C)cc1. The number of amides is 1. The van der Waals surface area contributed by atoms with Crippen molar-refractivity contribution in [3.05, 3.63) is 36.2 Å². The lowest BCUT2D eigenvalue weighted by Crippen LogP contribution is -2.24. The molecule has 0 saturated carbocycles. The number of hydrogen-bond donors (Lipinski definition) is 1. The van der Waals surface area contributed by atoms with Crippen molar-refractivity contribution in [2.45, 2.75) is 24.7 Å². The summed E-state index contributed by atoms with van der Waals surface area (Å²) in [5, 5.41) is 11.7. The first-order valence-corrected chi connectivity index (χ1v) is 9.11. The van der Waals surface area contributed by atoms with Crippen LogP contribution in [0.15, 0.2) is 35.7 Å². The van der Waals surface area contributed by atoms with Gasteiger partial charge < -0.3 is 19.5 Å². The minimum atomic E-state index is -0.0203. The molecule has 2 rings (SSSR count). The average molecular weight is 363 g/mol. The number of carbonyl (C=O) groups is 1. The summed E-state index contributed by atoms with van der Waals surface area (Å²) < 4.78 is 6.99. The summed E-state index contributed by atoms with van der Waals surface area (Å²) in [7, 11) is 5.68. The molecule has 1 amide bonds. The van der Waals surface area contributed by atoms with E-state index >= 15 is 0 Å². The molecule has 0 radical (unpaired) electrons. The number of rotatable bonds is 10. The van der Waals surface area contributed by atoms with E-state index in [0.29, 0.717) is 18.9 Å². The molecule has 8 heteroatoms. The van der Waals surface area contributed by atoms with Crippen LogP contribution in [-0.4, -0.2) is 54.2 Å². The Bertz CT molecular complexity index is 657. The summed E-state index contributed by atoms with van der Waals surface area (Å²) in [5.41, 5.74) is 2.21. The molecule has 1 aromatic carbocycles. The highest BCUT2D eigenvalue weighted by Gasteiger charge is 2.08. The second-order valence-electron chi connectivity index (χ2n) is 5.78. The van der Waals surface area contributed by atoms with Crippen molar-refractivity contribution >= 4 is 23.4 Å². The van der Waals surface area contributed by atoms with Gasteiger partial charge >= 0.3 is 0 Å². The summed E-state index contributed by atoms with van der Waals surface area (Å²) in [6, 6.07) is 8.13. The molecule has 0 spiro atoms. The van der Waals surface area contributed by atoms with Crippen LogP contribution < -0.4 is 10.2 Å². The van der Waals surface area contributed by atoms with Crippen molar-refractivity contribution in [2.75, 3.05) is 38.5 Å². The van der Waals surface area contributed by atoms with Gasteiger partial charge in [-0.05, 0) is 24.1 Å². The van der Waals surface area contributed by atoms with Crippen LogP contribution >= 0.6 is 11.8 Å². The van der Waals surface area contributed by atoms with Gasteiger partial charge in [0, 0.05) is 46.6 Å². The van der Waals surface area contributed by atoms with Crippen LogP contribution in [0.25, 0.3) is 0 Å². The molecule has 1 N–H and O–H groups in total. The van der Waals surface area contributed by atoms with Gasteiger partial charge in [0.2, 0.25) is 5.91 Å². The zero-order chi connectivity index (χ0) is 18.1. The Morgan fingerprint density at radius 1 is 1.32 bits per heavy atom. The number of benzene rings is 1. The summed E-state index contributed by atoms with van der Waals surface area (Å²) in [5.74, 6) is 0.298. The molecule has 2 aromatic rings. The quantitative estimate of drug-likeness (QED) is 0.513. The summed E-state index contributed by atoms with van der Waals surface area (Å²) >= 11 is 1.39. The zero-order valence-corrected chi connectivity index (χ0v) is 15.8. The summed E-state index contributed by atoms with van der Waals surface area (Å²) in [6.07, 6.45) is 2.57. The third-order valence-corrected chi connectivity index (χ3v) is 4.58. The molecule has 0 bridgehead atoms. The smallest absolute Gasteiger partial charge is 0.230 e. The number of aryl methyl sites for hydroxylation is 1. The summed E-state index contributed by atoms with van der Waals surface area (Å²) in [6.45, 7) is 1.99. The van der Waals surface area contributed by atoms with Crippen molar-refractivity contribution < 1.29 is 9.53 Å². The van der Waals surface area contributed by atoms with Gasteiger partial charge in [-0.1, -0.05) is 23.9 Å². The minimum absolute atomic E-state index is 0.0203. The lowest BCUT2D eigenvalue weighted by atomic mass is 10.2. The molecular formula is C17H25N5O2S. The predicted octanol–water partition coefficient (Wildman–Crippen LogP) is 1.79. The van der Waals surface area contributed by atoms with E-state index in [1.807, 2.05) is 47.8 Å². The van der Waals surface area contributed by atoms with Crippen molar-refractivity contribution in [1.29, 1.82) is 0 Å². The van der Waals surface area contributed by atoms with Gasteiger partial charge in [0.25, 0.3) is 0 Å². The second-order valence-corrected chi connectivity index (χ2v) is 6.72. The number of hydrogen-bond acceptors (Lipinski definition) is 6. The van der Waals surface area contributed by atoms with E-state index in [1.54, 1.807) is 13.4 Å². The van der Waals surface area contributed by atoms with Gasteiger partial charge in [-0.25, -0.2) is 0 Å². The number of aromatic nitrogens is 3. The first kappa shape index (κ1) is 19.3. The maximum absolute atomic E-state index is 12.0. The highest BCUT2D eigenvalue weighted by Crippen LogP contribution is 2.15. The van der Waals surface area contributed by atoms with Gasteiger partial charge in [0.15, 0.2) is 5.16 Å². The van der Waals surface area contributed by atoms with E-state index < -0.39 is 0 Å². The Balaban J connectivity index is 1.74. The fourth-order valence-corrected chi connectivity index (χ4v) is 2.95. The van der Waals surface area contributed by atoms with E-state index in [1.165, 1.54) is 11.8 Å². The van der Waals surface area contributed by atoms with Crippen LogP contribution in [-0.2, 0) is 22.6 Å². The third-order valence-electron chi connectivity index (χ3n) is 3.60. The Kier molecular flexibility index (Phi) is 7.75. The lowest BCUT2D eigenvalue weighted by Gasteiger charge is -2.13. The van der Waals surface area contributed by atoms with Crippen LogP contribution in [0.1, 0.15) is 12.0 Å². The van der Waals surface area contributed by atoms with Gasteiger partial charge in [-0.15, -0.1) is 10.2 Å². The Hall–Kier alpha value is -2.06. The first-order chi connectivity index (χ1) is 12.1. The monoisotopic (exact) mass is 363 g/mol. The third kappa shape index (κ3) is 6.39. The van der Waals surface area contributed by atoms with E-state index in [-0.39, 0.29) is 5.91 Å². The van der Waals surface area contributed by atoms with Gasteiger partial charge in [-0.3, -0.25) is 4.79 Å². The largest absolute Gasteiger partial charge is 0.385 e. The van der Waals surface area contributed by atoms with Crippen molar-refractivity contribution in [2.24, 2.45) is 0 Å². The number of nitrogens with one attached hydrogen (secondary N) is 1. The number of methoxy groups -OCH3 is 1. The maximum Gasteiger partial charge on any atom is 0.230 e. The molecule has 136 valence electrons. The fourth-order valence-electron chi connectivity index (χ4n) is 2.18. The van der Waals surface area contributed by atoms with E-state index in [9.17, 15) is 4.79 Å². The molecule has 0 aliphatic rings. The highest BCUT2D eigenvalue weighted by molar-refractivity contribution is 7.99. The van der Waals surface area contributed by atoms with Crippen LogP contribution in [0.4, 0.5) is 5.69 Å². The van der Waals surface area contributed by atoms with Crippen molar-refractivity contribution in [1.82, 2.24) is 20.1 Å². The van der Waals surface area contributed by atoms with Crippen molar-refractivity contribution in [3.8, 4) is 0 Å². The molecule has 0 aliphatic carbocycles. The Morgan fingerprint density at radius 2 is 2.08 bits per heavy atom. The molecule has 1 heterocycles. The highest BCUT2D eigenvalue weighted by atomic mass is 32.2. The van der Waals surface area contributed by atoms with Crippen LogP contribution in [0.3, 0.4) is 0 Å². The molecule has 0 aliphatic heterocycles. The van der Waals surface area contributed by atoms with E-state index in [2.05, 4.69) is 15.5 Å². The normalized spacial score (nSPS) is 10.7. The fraction of sp³-hybridized carbons (Fsp3) is 0.471. The predicted molar refractivity (Wildman–Crippen MR) is 99.9 cm³/mol. The lowest BCUT2D eigenvalue weighted by molar-refractivity contribution is -0.118. The molecule has 7 nitrogen and oxygen atoms in total. The summed E-state index contributed by atoms with van der Waals surface area (Å²) in [4.78, 5) is 14.1. The molecule has 0 fully saturated rings. The van der Waals surface area contributed by atoms with Crippen LogP contribution in [0, 0.1) is 0 Å². The minimum Gasteiger partial charge on any atom is -0.385 e. The zero-order valence-electron chi connectivity index (χ0n) is 14.9. The molecule has 0 atom stereocenters. The van der Waals surface area contributed by atoms with Gasteiger partial charge in [0.1, 0.15) is 6.33 Å². The van der Waals surface area contributed by atoms with Crippen LogP contribution in [0.5, 0.6) is 0 Å². The van der Waals surface area contributed by atoms with Gasteiger partial charge in [-0.2, -0.15) is 0 Å². The number of thioether (sulfide) groups is 1. The maximum atomic E-state index is 12.0. The first-order valence-electron chi connectivity index (χ1n) is 8.12.